The van der Waals surface area contributed by atoms with Gasteiger partial charge >= 0.3 is 6.18 Å². The number of H-pyrrole nitrogens is 1. The molecule has 1 saturated heterocycles. The molecular formula is C16H22F3N3O. The van der Waals surface area contributed by atoms with E-state index >= 15 is 0 Å². The summed E-state index contributed by atoms with van der Waals surface area (Å²) in [5, 5.41) is 5.87. The average Bonchev–Trinajstić information content (AvgIpc) is 3.18. The minimum Gasteiger partial charge on any atom is -0.342 e. The second-order valence-electron chi connectivity index (χ2n) is 6.74. The highest BCUT2D eigenvalue weighted by Crippen LogP contribution is 2.33. The van der Waals surface area contributed by atoms with Gasteiger partial charge in [-0.25, -0.2) is 0 Å². The monoisotopic (exact) mass is 329 g/mol. The van der Waals surface area contributed by atoms with Crippen LogP contribution in [0.25, 0.3) is 0 Å². The molecule has 1 aromatic rings. The molecule has 2 aliphatic rings. The number of hydrogen-bond donors (Lipinski definition) is 1. The number of aromatic amines is 1. The van der Waals surface area contributed by atoms with Crippen LogP contribution < -0.4 is 0 Å². The first kappa shape index (κ1) is 16.3. The summed E-state index contributed by atoms with van der Waals surface area (Å²) in [6.45, 7) is 1.20. The molecule has 0 spiro atoms. The predicted octanol–water partition coefficient (Wildman–Crippen LogP) is 3.71. The number of hydrogen-bond acceptors (Lipinski definition) is 2. The van der Waals surface area contributed by atoms with Crippen molar-refractivity contribution >= 4 is 5.91 Å². The van der Waals surface area contributed by atoms with Crippen molar-refractivity contribution in [3.63, 3.8) is 0 Å². The molecular weight excluding hydrogens is 307 g/mol. The van der Waals surface area contributed by atoms with Crippen LogP contribution in [0.5, 0.6) is 0 Å². The van der Waals surface area contributed by atoms with Crippen LogP contribution in [-0.2, 0) is 11.0 Å². The predicted molar refractivity (Wildman–Crippen MR) is 78.7 cm³/mol. The van der Waals surface area contributed by atoms with Gasteiger partial charge in [-0.1, -0.05) is 12.8 Å². The normalized spacial score (nSPS) is 23.4. The maximum atomic E-state index is 12.7. The molecule has 128 valence electrons. The van der Waals surface area contributed by atoms with E-state index in [1.54, 1.807) is 0 Å². The molecule has 1 saturated carbocycles. The summed E-state index contributed by atoms with van der Waals surface area (Å²) < 4.78 is 38.0. The first-order valence-corrected chi connectivity index (χ1v) is 8.34. The van der Waals surface area contributed by atoms with Crippen LogP contribution in [0.2, 0.25) is 0 Å². The SMILES string of the molecule is O=C(CC1CCCC1)N1CCC[C@H](c2cc(C(F)(F)F)n[nH]2)C1. The minimum atomic E-state index is -4.43. The Morgan fingerprint density at radius 2 is 2.00 bits per heavy atom. The van der Waals surface area contributed by atoms with E-state index in [1.807, 2.05) is 4.90 Å². The lowest BCUT2D eigenvalue weighted by atomic mass is 9.93. The van der Waals surface area contributed by atoms with Crippen LogP contribution >= 0.6 is 0 Å². The van der Waals surface area contributed by atoms with Crippen molar-refractivity contribution in [3.8, 4) is 0 Å². The van der Waals surface area contributed by atoms with E-state index < -0.39 is 11.9 Å². The zero-order chi connectivity index (χ0) is 16.4. The Morgan fingerprint density at radius 3 is 2.65 bits per heavy atom. The van der Waals surface area contributed by atoms with Crippen LogP contribution in [0.15, 0.2) is 6.07 Å². The van der Waals surface area contributed by atoms with Crippen molar-refractivity contribution in [1.29, 1.82) is 0 Å². The number of aromatic nitrogens is 2. The molecule has 7 heteroatoms. The Bertz CT molecular complexity index is 549. The molecule has 0 unspecified atom stereocenters. The first-order valence-electron chi connectivity index (χ1n) is 8.34. The number of piperidine rings is 1. The van der Waals surface area contributed by atoms with Crippen LogP contribution in [0, 0.1) is 5.92 Å². The van der Waals surface area contributed by atoms with Crippen LogP contribution in [-0.4, -0.2) is 34.1 Å². The molecule has 4 nitrogen and oxygen atoms in total. The first-order chi connectivity index (χ1) is 10.9. The van der Waals surface area contributed by atoms with E-state index in [4.69, 9.17) is 0 Å². The average molecular weight is 329 g/mol. The fraction of sp³-hybridized carbons (Fsp3) is 0.750. The number of carbonyl (C=O) groups is 1. The number of amides is 1. The van der Waals surface area contributed by atoms with Gasteiger partial charge in [0.15, 0.2) is 5.69 Å². The van der Waals surface area contributed by atoms with Gasteiger partial charge in [-0.05, 0) is 37.7 Å². The summed E-state index contributed by atoms with van der Waals surface area (Å²) in [7, 11) is 0. The van der Waals surface area contributed by atoms with Gasteiger partial charge in [0.05, 0.1) is 0 Å². The summed E-state index contributed by atoms with van der Waals surface area (Å²) in [6, 6.07) is 1.08. The lowest BCUT2D eigenvalue weighted by Crippen LogP contribution is -2.39. The van der Waals surface area contributed by atoms with Crippen LogP contribution in [0.4, 0.5) is 13.2 Å². The highest BCUT2D eigenvalue weighted by molar-refractivity contribution is 5.76. The summed E-state index contributed by atoms with van der Waals surface area (Å²) in [4.78, 5) is 14.2. The minimum absolute atomic E-state index is 0.0834. The zero-order valence-electron chi connectivity index (χ0n) is 13.0. The number of rotatable bonds is 3. The number of halogens is 3. The third kappa shape index (κ3) is 3.87. The lowest BCUT2D eigenvalue weighted by Gasteiger charge is -2.33. The van der Waals surface area contributed by atoms with E-state index in [0.717, 1.165) is 31.7 Å². The topological polar surface area (TPSA) is 49.0 Å². The highest BCUT2D eigenvalue weighted by atomic mass is 19.4. The molecule has 1 aliphatic heterocycles. The number of nitrogens with one attached hydrogen (secondary N) is 1. The van der Waals surface area contributed by atoms with Gasteiger partial charge < -0.3 is 4.90 Å². The molecule has 0 radical (unpaired) electrons. The van der Waals surface area contributed by atoms with Gasteiger partial charge in [0.25, 0.3) is 0 Å². The van der Waals surface area contributed by atoms with Gasteiger partial charge in [-0.15, -0.1) is 0 Å². The van der Waals surface area contributed by atoms with Crippen LogP contribution in [0.1, 0.15) is 62.3 Å². The van der Waals surface area contributed by atoms with Crippen molar-refractivity contribution in [1.82, 2.24) is 15.1 Å². The van der Waals surface area contributed by atoms with Gasteiger partial charge in [-0.2, -0.15) is 18.3 Å². The molecule has 3 rings (SSSR count). The molecule has 0 aromatic carbocycles. The van der Waals surface area contributed by atoms with Crippen molar-refractivity contribution in [2.24, 2.45) is 5.92 Å². The third-order valence-corrected chi connectivity index (χ3v) is 5.04. The Balaban J connectivity index is 1.61. The van der Waals surface area contributed by atoms with Crippen molar-refractivity contribution in [2.75, 3.05) is 13.1 Å². The summed E-state index contributed by atoms with van der Waals surface area (Å²) >= 11 is 0. The summed E-state index contributed by atoms with van der Waals surface area (Å²) in [5.41, 5.74) is -0.405. The molecule has 1 atom stereocenters. The van der Waals surface area contributed by atoms with E-state index in [0.29, 0.717) is 31.1 Å². The number of carbonyl (C=O) groups excluding carboxylic acids is 1. The van der Waals surface area contributed by atoms with Gasteiger partial charge in [0, 0.05) is 31.1 Å². The third-order valence-electron chi connectivity index (χ3n) is 5.04. The molecule has 2 heterocycles. The molecule has 1 aliphatic carbocycles. The zero-order valence-corrected chi connectivity index (χ0v) is 13.0. The molecule has 0 bridgehead atoms. The maximum Gasteiger partial charge on any atom is 0.435 e. The Labute approximate surface area is 133 Å². The molecule has 1 amide bonds. The van der Waals surface area contributed by atoms with E-state index in [2.05, 4.69) is 10.2 Å². The van der Waals surface area contributed by atoms with Crippen LogP contribution in [0.3, 0.4) is 0 Å². The van der Waals surface area contributed by atoms with Gasteiger partial charge in [0.2, 0.25) is 5.91 Å². The van der Waals surface area contributed by atoms with E-state index in [9.17, 15) is 18.0 Å². The van der Waals surface area contributed by atoms with Gasteiger partial charge in [0.1, 0.15) is 0 Å². The lowest BCUT2D eigenvalue weighted by molar-refractivity contribution is -0.141. The largest absolute Gasteiger partial charge is 0.435 e. The fourth-order valence-electron chi connectivity index (χ4n) is 3.74. The quantitative estimate of drug-likeness (QED) is 0.919. The number of likely N-dealkylation sites (tertiary alicyclic amines) is 1. The van der Waals surface area contributed by atoms with Crippen molar-refractivity contribution in [2.45, 2.75) is 57.0 Å². The smallest absolute Gasteiger partial charge is 0.342 e. The second kappa shape index (κ2) is 6.53. The Morgan fingerprint density at radius 1 is 1.26 bits per heavy atom. The van der Waals surface area contributed by atoms with Crippen molar-refractivity contribution < 1.29 is 18.0 Å². The second-order valence-corrected chi connectivity index (χ2v) is 6.74. The summed E-state index contributed by atoms with van der Waals surface area (Å²) in [6.07, 6.45) is 2.42. The maximum absolute atomic E-state index is 12.7. The number of nitrogens with zero attached hydrogens (tertiary/aromatic N) is 2. The van der Waals surface area contributed by atoms with E-state index in [1.165, 1.54) is 12.8 Å². The van der Waals surface area contributed by atoms with Crippen molar-refractivity contribution in [3.05, 3.63) is 17.5 Å². The fourth-order valence-corrected chi connectivity index (χ4v) is 3.74. The summed E-state index contributed by atoms with van der Waals surface area (Å²) in [5.74, 6) is 0.559. The highest BCUT2D eigenvalue weighted by Gasteiger charge is 2.35. The van der Waals surface area contributed by atoms with Gasteiger partial charge in [-0.3, -0.25) is 9.89 Å². The Kier molecular flexibility index (Phi) is 4.64. The standard InChI is InChI=1S/C16H22F3N3O/c17-16(18,19)14-9-13(20-21-14)12-6-3-7-22(10-12)15(23)8-11-4-1-2-5-11/h9,11-12H,1-8,10H2,(H,20,21)/t12-/m0/s1. The van der Waals surface area contributed by atoms with E-state index in [-0.39, 0.29) is 11.8 Å². The molecule has 23 heavy (non-hydrogen) atoms. The molecule has 1 aromatic heterocycles. The molecule has 2 fully saturated rings. The molecule has 1 N–H and O–H groups in total. The number of alkyl halides is 3. The Hall–Kier alpha value is -1.53.